The maximum atomic E-state index is 13.4. The Labute approximate surface area is 135 Å². The molecule has 0 aromatic carbocycles. The van der Waals surface area contributed by atoms with Crippen molar-refractivity contribution in [2.24, 2.45) is 0 Å². The third kappa shape index (κ3) is 4.60. The van der Waals surface area contributed by atoms with E-state index in [-0.39, 0.29) is 10.7 Å². The zero-order valence-corrected chi connectivity index (χ0v) is 13.4. The largest absolute Gasteiger partial charge is 0.461 e. The number of hydrogen-bond acceptors (Lipinski definition) is 7. The van der Waals surface area contributed by atoms with Gasteiger partial charge in [0.2, 0.25) is 18.1 Å². The molecule has 2 N–H and O–H groups in total. The van der Waals surface area contributed by atoms with Crippen molar-refractivity contribution in [1.82, 2.24) is 4.98 Å². The average molecular weight is 355 g/mol. The highest BCUT2D eigenvalue weighted by Crippen LogP contribution is 2.35. The molecule has 0 aliphatic heterocycles. The van der Waals surface area contributed by atoms with Gasteiger partial charge in [0.05, 0.1) is 5.69 Å². The highest BCUT2D eigenvalue weighted by molar-refractivity contribution is 6.39. The molecular formula is C12H13Cl2FN2O5. The van der Waals surface area contributed by atoms with Crippen molar-refractivity contribution in [2.45, 2.75) is 33.2 Å². The summed E-state index contributed by atoms with van der Waals surface area (Å²) < 4.78 is 27.9. The van der Waals surface area contributed by atoms with Crippen LogP contribution in [0.4, 0.5) is 10.1 Å². The molecule has 0 spiro atoms. The second-order valence-electron chi connectivity index (χ2n) is 4.12. The van der Waals surface area contributed by atoms with Crippen molar-refractivity contribution >= 4 is 40.8 Å². The van der Waals surface area contributed by atoms with Gasteiger partial charge in [-0.05, 0) is 6.92 Å². The van der Waals surface area contributed by atoms with Gasteiger partial charge in [-0.25, -0.2) is 4.79 Å². The number of hydrogen-bond donors (Lipinski definition) is 1. The third-order valence-corrected chi connectivity index (χ3v) is 3.00. The molecule has 10 heteroatoms. The normalized spacial score (nSPS) is 13.2. The first-order valence-corrected chi connectivity index (χ1v) is 6.73. The molecule has 0 bridgehead atoms. The first-order chi connectivity index (χ1) is 10.1. The molecule has 2 atom stereocenters. The number of nitrogens with two attached hydrogens (primary N) is 1. The van der Waals surface area contributed by atoms with Crippen molar-refractivity contribution in [3.8, 4) is 5.88 Å². The van der Waals surface area contributed by atoms with Gasteiger partial charge < -0.3 is 19.9 Å². The van der Waals surface area contributed by atoms with Crippen LogP contribution in [-0.4, -0.2) is 29.3 Å². The molecule has 0 amide bonds. The van der Waals surface area contributed by atoms with Gasteiger partial charge in [-0.3, -0.25) is 4.79 Å². The molecule has 0 fully saturated rings. The van der Waals surface area contributed by atoms with Gasteiger partial charge >= 0.3 is 11.9 Å². The Kier molecular flexibility index (Phi) is 6.19. The summed E-state index contributed by atoms with van der Waals surface area (Å²) >= 11 is 11.3. The van der Waals surface area contributed by atoms with Crippen molar-refractivity contribution in [3.63, 3.8) is 0 Å². The molecule has 1 unspecified atom stereocenters. The van der Waals surface area contributed by atoms with Gasteiger partial charge in [0.25, 0.3) is 0 Å². The maximum Gasteiger partial charge on any atom is 0.350 e. The molecule has 0 radical (unpaired) electrons. The van der Waals surface area contributed by atoms with Gasteiger partial charge in [-0.1, -0.05) is 23.2 Å². The predicted octanol–water partition coefficient (Wildman–Crippen LogP) is 2.33. The summed E-state index contributed by atoms with van der Waals surface area (Å²) in [7, 11) is 0. The number of ether oxygens (including phenoxy) is 3. The van der Waals surface area contributed by atoms with Gasteiger partial charge in [0.15, 0.2) is 6.10 Å². The summed E-state index contributed by atoms with van der Waals surface area (Å²) in [4.78, 5) is 25.8. The highest BCUT2D eigenvalue weighted by atomic mass is 35.5. The smallest absolute Gasteiger partial charge is 0.350 e. The minimum absolute atomic E-state index is 0.237. The van der Waals surface area contributed by atoms with E-state index in [2.05, 4.69) is 9.72 Å². The molecule has 1 rings (SSSR count). The number of aromatic nitrogens is 1. The van der Waals surface area contributed by atoms with E-state index in [0.29, 0.717) is 0 Å². The van der Waals surface area contributed by atoms with E-state index in [9.17, 15) is 14.0 Å². The first kappa shape index (κ1) is 18.2. The molecule has 22 heavy (non-hydrogen) atoms. The topological polar surface area (TPSA) is 101 Å². The summed E-state index contributed by atoms with van der Waals surface area (Å²) in [5.74, 6) is -3.00. The van der Waals surface area contributed by atoms with Crippen LogP contribution in [0.5, 0.6) is 5.88 Å². The first-order valence-electron chi connectivity index (χ1n) is 5.97. The molecule has 1 aromatic heterocycles. The molecule has 1 aromatic rings. The third-order valence-electron chi connectivity index (χ3n) is 2.28. The number of nitrogen functional groups attached to an aromatic ring is 1. The van der Waals surface area contributed by atoms with Crippen molar-refractivity contribution < 1.29 is 28.2 Å². The van der Waals surface area contributed by atoms with Crippen LogP contribution in [0.1, 0.15) is 20.8 Å². The molecule has 7 nitrogen and oxygen atoms in total. The van der Waals surface area contributed by atoms with Crippen LogP contribution in [0, 0.1) is 5.95 Å². The molecule has 1 heterocycles. The van der Waals surface area contributed by atoms with E-state index < -0.39 is 41.2 Å². The van der Waals surface area contributed by atoms with Gasteiger partial charge in [-0.2, -0.15) is 9.37 Å². The van der Waals surface area contributed by atoms with Crippen LogP contribution < -0.4 is 10.5 Å². The fourth-order valence-corrected chi connectivity index (χ4v) is 1.69. The van der Waals surface area contributed by atoms with Gasteiger partial charge in [0, 0.05) is 13.8 Å². The van der Waals surface area contributed by atoms with Crippen LogP contribution in [0.25, 0.3) is 0 Å². The zero-order chi connectivity index (χ0) is 17.0. The average Bonchev–Trinajstić information content (AvgIpc) is 2.41. The van der Waals surface area contributed by atoms with Gasteiger partial charge in [0.1, 0.15) is 10.0 Å². The van der Waals surface area contributed by atoms with E-state index in [1.807, 2.05) is 0 Å². The van der Waals surface area contributed by atoms with E-state index >= 15 is 0 Å². The highest BCUT2D eigenvalue weighted by Gasteiger charge is 2.24. The van der Waals surface area contributed by atoms with Crippen LogP contribution in [0.2, 0.25) is 10.0 Å². The fraction of sp³-hybridized carbons (Fsp3) is 0.417. The summed E-state index contributed by atoms with van der Waals surface area (Å²) in [6, 6.07) is 0. The quantitative estimate of drug-likeness (QED) is 0.491. The Morgan fingerprint density at radius 2 is 1.82 bits per heavy atom. The summed E-state index contributed by atoms with van der Waals surface area (Å²) in [6.07, 6.45) is -2.31. The lowest BCUT2D eigenvalue weighted by Crippen LogP contribution is -2.31. The number of rotatable bonds is 5. The van der Waals surface area contributed by atoms with Gasteiger partial charge in [-0.15, -0.1) is 0 Å². The molecule has 122 valence electrons. The number of esters is 2. The van der Waals surface area contributed by atoms with E-state index in [0.717, 1.165) is 6.92 Å². The lowest BCUT2D eigenvalue weighted by atomic mass is 10.4. The standard InChI is InChI=1S/C12H13Cl2FN2O5/c1-4(12(19)22-6(3)21-5(2)18)20-11-8(14)9(16)7(13)10(15)17-11/h4,6H,1-3H3,(H2,16,17)/t4-,6?/m1/s1. The van der Waals surface area contributed by atoms with Crippen LogP contribution in [0.3, 0.4) is 0 Å². The number of pyridine rings is 1. The zero-order valence-electron chi connectivity index (χ0n) is 11.9. The van der Waals surface area contributed by atoms with Crippen LogP contribution >= 0.6 is 23.2 Å². The number of halogens is 3. The predicted molar refractivity (Wildman–Crippen MR) is 76.0 cm³/mol. The van der Waals surface area contributed by atoms with Crippen molar-refractivity contribution in [1.29, 1.82) is 0 Å². The lowest BCUT2D eigenvalue weighted by molar-refractivity contribution is -0.187. The lowest BCUT2D eigenvalue weighted by Gasteiger charge is -2.18. The Hall–Kier alpha value is -1.80. The Morgan fingerprint density at radius 1 is 1.23 bits per heavy atom. The van der Waals surface area contributed by atoms with E-state index in [1.54, 1.807) is 0 Å². The minimum Gasteiger partial charge on any atom is -0.461 e. The van der Waals surface area contributed by atoms with Crippen LogP contribution in [0.15, 0.2) is 0 Å². The van der Waals surface area contributed by atoms with Crippen molar-refractivity contribution in [2.75, 3.05) is 5.73 Å². The SMILES string of the molecule is CC(=O)OC(C)OC(=O)[C@@H](C)Oc1nc(F)c(Cl)c(N)c1Cl. The van der Waals surface area contributed by atoms with E-state index in [1.165, 1.54) is 13.8 Å². The molecule has 0 saturated heterocycles. The van der Waals surface area contributed by atoms with Crippen LogP contribution in [-0.2, 0) is 19.1 Å². The minimum atomic E-state index is -1.21. The van der Waals surface area contributed by atoms with E-state index in [4.69, 9.17) is 38.4 Å². The molecular weight excluding hydrogens is 342 g/mol. The number of anilines is 1. The summed E-state index contributed by atoms with van der Waals surface area (Å²) in [5.41, 5.74) is 5.21. The number of carbonyl (C=O) groups excluding carboxylic acids is 2. The second kappa shape index (κ2) is 7.46. The molecule has 0 aliphatic rings. The van der Waals surface area contributed by atoms with Crippen molar-refractivity contribution in [3.05, 3.63) is 16.0 Å². The second-order valence-corrected chi connectivity index (χ2v) is 4.88. The summed E-state index contributed by atoms with van der Waals surface area (Å²) in [6.45, 7) is 3.81. The Bertz CT molecular complexity index is 599. The molecule has 0 saturated carbocycles. The Morgan fingerprint density at radius 3 is 2.36 bits per heavy atom. The maximum absolute atomic E-state index is 13.4. The number of carbonyl (C=O) groups is 2. The summed E-state index contributed by atoms with van der Waals surface area (Å²) in [5, 5.41) is -0.685. The monoisotopic (exact) mass is 354 g/mol. The number of nitrogens with zero attached hydrogens (tertiary/aromatic N) is 1. The fourth-order valence-electron chi connectivity index (χ4n) is 1.32. The Balaban J connectivity index is 2.78. The molecule has 0 aliphatic carbocycles.